The minimum Gasteiger partial charge on any atom is -0.452 e. The standard InChI is InChI=1S/C20H16N2O6/c1-21-18(24)12-6-8-14(9-7-12)22-17(23)11-27-19(25)15-10-13-4-2-3-5-16(13)28-20(15)26/h2-10H,11H2,1H3,(H,21,24)(H,22,23). The van der Waals surface area contributed by atoms with Crippen LogP contribution in [0.2, 0.25) is 0 Å². The monoisotopic (exact) mass is 380 g/mol. The number of carbonyl (C=O) groups excluding carboxylic acids is 3. The highest BCUT2D eigenvalue weighted by atomic mass is 16.5. The first-order valence-electron chi connectivity index (χ1n) is 8.30. The molecule has 1 aromatic heterocycles. The molecule has 28 heavy (non-hydrogen) atoms. The van der Waals surface area contributed by atoms with Crippen LogP contribution in [0, 0.1) is 0 Å². The molecule has 0 spiro atoms. The van der Waals surface area contributed by atoms with Crippen molar-refractivity contribution in [3.63, 3.8) is 0 Å². The number of rotatable bonds is 5. The minimum absolute atomic E-state index is 0.249. The second-order valence-electron chi connectivity index (χ2n) is 5.77. The number of ether oxygens (including phenoxy) is 1. The Bertz CT molecular complexity index is 1100. The molecular formula is C20H16N2O6. The Kier molecular flexibility index (Phi) is 5.50. The number of nitrogens with one attached hydrogen (secondary N) is 2. The molecule has 8 nitrogen and oxygen atoms in total. The van der Waals surface area contributed by atoms with Gasteiger partial charge in [-0.1, -0.05) is 18.2 Å². The lowest BCUT2D eigenvalue weighted by Gasteiger charge is -2.07. The third-order valence-corrected chi connectivity index (χ3v) is 3.85. The molecule has 0 bridgehead atoms. The zero-order chi connectivity index (χ0) is 20.1. The van der Waals surface area contributed by atoms with Gasteiger partial charge < -0.3 is 19.8 Å². The molecule has 3 aromatic rings. The molecule has 0 unspecified atom stereocenters. The van der Waals surface area contributed by atoms with E-state index in [1.54, 1.807) is 48.5 Å². The maximum Gasteiger partial charge on any atom is 0.351 e. The van der Waals surface area contributed by atoms with Crippen molar-refractivity contribution in [1.29, 1.82) is 0 Å². The first-order chi connectivity index (χ1) is 13.5. The number of carbonyl (C=O) groups is 3. The topological polar surface area (TPSA) is 115 Å². The number of anilines is 1. The quantitative estimate of drug-likeness (QED) is 0.516. The number of benzene rings is 2. The van der Waals surface area contributed by atoms with E-state index in [2.05, 4.69) is 10.6 Å². The number of esters is 1. The smallest absolute Gasteiger partial charge is 0.351 e. The molecule has 1 heterocycles. The van der Waals surface area contributed by atoms with Crippen LogP contribution in [-0.4, -0.2) is 31.4 Å². The van der Waals surface area contributed by atoms with Gasteiger partial charge in [-0.2, -0.15) is 0 Å². The second kappa shape index (κ2) is 8.17. The van der Waals surface area contributed by atoms with Crippen LogP contribution in [-0.2, 0) is 9.53 Å². The van der Waals surface area contributed by atoms with Gasteiger partial charge in [-0.05, 0) is 36.4 Å². The van der Waals surface area contributed by atoms with Crippen LogP contribution in [0.3, 0.4) is 0 Å². The number of fused-ring (bicyclic) bond motifs is 1. The van der Waals surface area contributed by atoms with Crippen molar-refractivity contribution in [1.82, 2.24) is 5.32 Å². The van der Waals surface area contributed by atoms with E-state index in [9.17, 15) is 19.2 Å². The molecule has 2 aromatic carbocycles. The van der Waals surface area contributed by atoms with E-state index < -0.39 is 24.1 Å². The third-order valence-electron chi connectivity index (χ3n) is 3.85. The first-order valence-corrected chi connectivity index (χ1v) is 8.30. The molecule has 0 saturated carbocycles. The predicted octanol–water partition coefficient (Wildman–Crippen LogP) is 1.95. The number of hydrogen-bond donors (Lipinski definition) is 2. The molecule has 0 fully saturated rings. The molecular weight excluding hydrogens is 364 g/mol. The Morgan fingerprint density at radius 1 is 1.04 bits per heavy atom. The molecule has 2 amide bonds. The van der Waals surface area contributed by atoms with Crippen LogP contribution in [0.15, 0.2) is 63.8 Å². The fourth-order valence-electron chi connectivity index (χ4n) is 2.46. The Morgan fingerprint density at radius 2 is 1.75 bits per heavy atom. The average Bonchev–Trinajstić information content (AvgIpc) is 2.71. The van der Waals surface area contributed by atoms with Crippen LogP contribution >= 0.6 is 0 Å². The fourth-order valence-corrected chi connectivity index (χ4v) is 2.46. The van der Waals surface area contributed by atoms with Crippen LogP contribution in [0.5, 0.6) is 0 Å². The summed E-state index contributed by atoms with van der Waals surface area (Å²) >= 11 is 0. The van der Waals surface area contributed by atoms with Crippen molar-refractivity contribution in [2.75, 3.05) is 19.0 Å². The molecule has 0 radical (unpaired) electrons. The molecule has 2 N–H and O–H groups in total. The van der Waals surface area contributed by atoms with E-state index >= 15 is 0 Å². The Labute approximate surface area is 159 Å². The summed E-state index contributed by atoms with van der Waals surface area (Å²) in [5.74, 6) is -1.79. The van der Waals surface area contributed by atoms with E-state index in [-0.39, 0.29) is 11.5 Å². The maximum atomic E-state index is 12.1. The van der Waals surface area contributed by atoms with Gasteiger partial charge in [-0.15, -0.1) is 0 Å². The van der Waals surface area contributed by atoms with Crippen molar-refractivity contribution in [3.8, 4) is 0 Å². The van der Waals surface area contributed by atoms with E-state index in [0.29, 0.717) is 22.2 Å². The van der Waals surface area contributed by atoms with Gasteiger partial charge in [0.25, 0.3) is 11.8 Å². The van der Waals surface area contributed by atoms with Crippen LogP contribution in [0.4, 0.5) is 5.69 Å². The van der Waals surface area contributed by atoms with Crippen LogP contribution in [0.1, 0.15) is 20.7 Å². The zero-order valence-electron chi connectivity index (χ0n) is 14.9. The second-order valence-corrected chi connectivity index (χ2v) is 5.77. The normalized spacial score (nSPS) is 10.3. The summed E-state index contributed by atoms with van der Waals surface area (Å²) in [5.41, 5.74) is 0.0891. The maximum absolute atomic E-state index is 12.1. The van der Waals surface area contributed by atoms with Gasteiger partial charge in [0.2, 0.25) is 0 Å². The van der Waals surface area contributed by atoms with Crippen molar-refractivity contribution >= 4 is 34.4 Å². The van der Waals surface area contributed by atoms with Gasteiger partial charge in [-0.3, -0.25) is 9.59 Å². The fraction of sp³-hybridized carbons (Fsp3) is 0.100. The lowest BCUT2D eigenvalue weighted by molar-refractivity contribution is -0.119. The molecule has 142 valence electrons. The lowest BCUT2D eigenvalue weighted by Crippen LogP contribution is -2.23. The number of para-hydroxylation sites is 1. The minimum atomic E-state index is -0.954. The van der Waals surface area contributed by atoms with Crippen molar-refractivity contribution < 1.29 is 23.5 Å². The predicted molar refractivity (Wildman–Crippen MR) is 101 cm³/mol. The summed E-state index contributed by atoms with van der Waals surface area (Å²) in [5, 5.41) is 5.58. The average molecular weight is 380 g/mol. The van der Waals surface area contributed by atoms with E-state index in [1.165, 1.54) is 13.1 Å². The first kappa shape index (κ1) is 18.8. The Balaban J connectivity index is 1.61. The summed E-state index contributed by atoms with van der Waals surface area (Å²) in [6.07, 6.45) is 0. The van der Waals surface area contributed by atoms with E-state index in [1.807, 2.05) is 0 Å². The third kappa shape index (κ3) is 4.24. The molecule has 8 heteroatoms. The number of amides is 2. The Morgan fingerprint density at radius 3 is 2.46 bits per heavy atom. The zero-order valence-corrected chi connectivity index (χ0v) is 14.9. The van der Waals surface area contributed by atoms with Gasteiger partial charge in [0.1, 0.15) is 11.1 Å². The van der Waals surface area contributed by atoms with Crippen LogP contribution in [0.25, 0.3) is 11.0 Å². The van der Waals surface area contributed by atoms with Crippen LogP contribution < -0.4 is 16.3 Å². The van der Waals surface area contributed by atoms with Gasteiger partial charge >= 0.3 is 11.6 Å². The summed E-state index contributed by atoms with van der Waals surface area (Å²) in [7, 11) is 1.52. The molecule has 0 aliphatic heterocycles. The molecule has 0 saturated heterocycles. The summed E-state index contributed by atoms with van der Waals surface area (Å²) in [4.78, 5) is 47.5. The van der Waals surface area contributed by atoms with Gasteiger partial charge in [-0.25, -0.2) is 9.59 Å². The van der Waals surface area contributed by atoms with Gasteiger partial charge in [0, 0.05) is 23.7 Å². The van der Waals surface area contributed by atoms with E-state index in [0.717, 1.165) is 0 Å². The Hall–Kier alpha value is -3.94. The molecule has 0 aliphatic rings. The molecule has 0 aliphatic carbocycles. The summed E-state index contributed by atoms with van der Waals surface area (Å²) in [6.45, 7) is -0.581. The SMILES string of the molecule is CNC(=O)c1ccc(NC(=O)COC(=O)c2cc3ccccc3oc2=O)cc1. The van der Waals surface area contributed by atoms with Crippen molar-refractivity contribution in [2.45, 2.75) is 0 Å². The van der Waals surface area contributed by atoms with Gasteiger partial charge in [0.15, 0.2) is 6.61 Å². The largest absolute Gasteiger partial charge is 0.452 e. The number of hydrogen-bond acceptors (Lipinski definition) is 6. The highest BCUT2D eigenvalue weighted by Gasteiger charge is 2.16. The summed E-state index contributed by atoms with van der Waals surface area (Å²) < 4.78 is 9.96. The van der Waals surface area contributed by atoms with Crippen molar-refractivity contribution in [3.05, 3.63) is 76.1 Å². The lowest BCUT2D eigenvalue weighted by atomic mass is 10.2. The summed E-state index contributed by atoms with van der Waals surface area (Å²) in [6, 6.07) is 14.3. The molecule has 0 atom stereocenters. The highest BCUT2D eigenvalue weighted by Crippen LogP contribution is 2.13. The highest BCUT2D eigenvalue weighted by molar-refractivity contribution is 5.97. The molecule has 3 rings (SSSR count). The van der Waals surface area contributed by atoms with E-state index in [4.69, 9.17) is 9.15 Å². The van der Waals surface area contributed by atoms with Crippen molar-refractivity contribution in [2.24, 2.45) is 0 Å². The van der Waals surface area contributed by atoms with Gasteiger partial charge in [0.05, 0.1) is 0 Å².